The molecule has 27 heavy (non-hydrogen) atoms. The summed E-state index contributed by atoms with van der Waals surface area (Å²) in [5, 5.41) is 4.93. The second kappa shape index (κ2) is 8.49. The van der Waals surface area contributed by atoms with E-state index < -0.39 is 5.82 Å². The van der Waals surface area contributed by atoms with Crippen LogP contribution < -0.4 is 14.8 Å². The molecule has 1 N–H and O–H groups in total. The molecule has 0 aliphatic heterocycles. The molecule has 2 aromatic carbocycles. The quantitative estimate of drug-likeness (QED) is 0.548. The number of hydrogen-bond donors (Lipinski definition) is 1. The average molecular weight is 451 g/mol. The highest BCUT2D eigenvalue weighted by Gasteiger charge is 2.13. The maximum absolute atomic E-state index is 13.9. The number of anilines is 1. The Kier molecular flexibility index (Phi) is 6.08. The molecule has 1 heterocycles. The van der Waals surface area contributed by atoms with Crippen LogP contribution in [0, 0.1) is 5.82 Å². The molecular weight excluding hydrogens is 435 g/mol. The van der Waals surface area contributed by atoms with E-state index in [2.05, 4.69) is 26.2 Å². The zero-order valence-corrected chi connectivity index (χ0v) is 17.0. The summed E-state index contributed by atoms with van der Waals surface area (Å²) < 4.78 is 24.9. The summed E-state index contributed by atoms with van der Waals surface area (Å²) in [6.07, 6.45) is 0. The Hall–Kier alpha value is -2.45. The van der Waals surface area contributed by atoms with Crippen LogP contribution in [0.3, 0.4) is 0 Å². The van der Waals surface area contributed by atoms with Crippen LogP contribution in [0.5, 0.6) is 11.5 Å². The summed E-state index contributed by atoms with van der Waals surface area (Å²) in [6.45, 7) is 2.43. The number of benzene rings is 2. The van der Waals surface area contributed by atoms with Crippen LogP contribution in [0.15, 0.2) is 46.3 Å². The van der Waals surface area contributed by atoms with E-state index in [1.165, 1.54) is 24.5 Å². The van der Waals surface area contributed by atoms with E-state index in [0.717, 1.165) is 0 Å². The molecule has 0 aliphatic rings. The van der Waals surface area contributed by atoms with Crippen molar-refractivity contribution in [3.63, 3.8) is 0 Å². The SMILES string of the molecule is CCOc1ccc(C(=O)Nc2nc(-c3ccc(OC)c(F)c3)cs2)cc1Br. The fourth-order valence-corrected chi connectivity index (χ4v) is 3.58. The zero-order chi connectivity index (χ0) is 19.4. The number of carbonyl (C=O) groups is 1. The van der Waals surface area contributed by atoms with E-state index >= 15 is 0 Å². The first-order chi connectivity index (χ1) is 13.0. The molecule has 1 aromatic heterocycles. The maximum atomic E-state index is 13.9. The van der Waals surface area contributed by atoms with Gasteiger partial charge in [0.25, 0.3) is 5.91 Å². The van der Waals surface area contributed by atoms with Gasteiger partial charge < -0.3 is 9.47 Å². The minimum atomic E-state index is -0.465. The van der Waals surface area contributed by atoms with Gasteiger partial charge in [-0.2, -0.15) is 0 Å². The van der Waals surface area contributed by atoms with Crippen molar-refractivity contribution in [1.29, 1.82) is 0 Å². The number of nitrogens with one attached hydrogen (secondary N) is 1. The zero-order valence-electron chi connectivity index (χ0n) is 14.6. The minimum absolute atomic E-state index is 0.170. The Bertz CT molecular complexity index is 977. The third kappa shape index (κ3) is 4.45. The molecule has 140 valence electrons. The predicted molar refractivity (Wildman–Crippen MR) is 107 cm³/mol. The molecule has 0 saturated heterocycles. The summed E-state index contributed by atoms with van der Waals surface area (Å²) in [5.41, 5.74) is 1.65. The van der Waals surface area contributed by atoms with Crippen molar-refractivity contribution in [3.05, 3.63) is 57.6 Å². The van der Waals surface area contributed by atoms with Gasteiger partial charge in [0.15, 0.2) is 16.7 Å². The van der Waals surface area contributed by atoms with Gasteiger partial charge in [-0.3, -0.25) is 10.1 Å². The Morgan fingerprint density at radius 2 is 2.04 bits per heavy atom. The molecule has 0 bridgehead atoms. The number of carbonyl (C=O) groups excluding carboxylic acids is 1. The summed E-state index contributed by atoms with van der Waals surface area (Å²) in [6, 6.07) is 9.71. The van der Waals surface area contributed by atoms with Gasteiger partial charge in [0, 0.05) is 16.5 Å². The van der Waals surface area contributed by atoms with Crippen LogP contribution in [0.2, 0.25) is 0 Å². The Balaban J connectivity index is 1.74. The third-order valence-electron chi connectivity index (χ3n) is 3.67. The minimum Gasteiger partial charge on any atom is -0.494 e. The van der Waals surface area contributed by atoms with Crippen LogP contribution in [-0.4, -0.2) is 24.6 Å². The highest BCUT2D eigenvalue weighted by atomic mass is 79.9. The lowest BCUT2D eigenvalue weighted by molar-refractivity contribution is 0.102. The molecule has 3 aromatic rings. The molecule has 0 spiro atoms. The first kappa shape index (κ1) is 19.3. The standard InChI is InChI=1S/C19H16BrFN2O3S/c1-3-26-16-6-5-12(8-13(16)20)18(24)23-19-22-15(10-27-19)11-4-7-17(25-2)14(21)9-11/h4-10H,3H2,1-2H3,(H,22,23,24). The van der Waals surface area contributed by atoms with E-state index in [1.54, 1.807) is 35.7 Å². The van der Waals surface area contributed by atoms with Crippen molar-refractivity contribution < 1.29 is 18.7 Å². The van der Waals surface area contributed by atoms with Gasteiger partial charge in [0.1, 0.15) is 5.75 Å². The van der Waals surface area contributed by atoms with E-state index in [4.69, 9.17) is 9.47 Å². The van der Waals surface area contributed by atoms with Gasteiger partial charge in [-0.05, 0) is 59.3 Å². The summed E-state index contributed by atoms with van der Waals surface area (Å²) >= 11 is 4.66. The van der Waals surface area contributed by atoms with E-state index in [1.807, 2.05) is 6.92 Å². The topological polar surface area (TPSA) is 60.5 Å². The Morgan fingerprint density at radius 1 is 1.26 bits per heavy atom. The fourth-order valence-electron chi connectivity index (χ4n) is 2.37. The highest BCUT2D eigenvalue weighted by Crippen LogP contribution is 2.29. The van der Waals surface area contributed by atoms with Crippen molar-refractivity contribution in [2.75, 3.05) is 19.0 Å². The van der Waals surface area contributed by atoms with Crippen molar-refractivity contribution in [2.45, 2.75) is 6.92 Å². The number of ether oxygens (including phenoxy) is 2. The Morgan fingerprint density at radius 3 is 2.70 bits per heavy atom. The molecule has 0 saturated carbocycles. The van der Waals surface area contributed by atoms with E-state index in [-0.39, 0.29) is 11.7 Å². The molecule has 0 atom stereocenters. The van der Waals surface area contributed by atoms with Gasteiger partial charge in [0.05, 0.1) is 23.9 Å². The van der Waals surface area contributed by atoms with Crippen molar-refractivity contribution >= 4 is 38.3 Å². The number of halogens is 2. The number of thiazole rings is 1. The van der Waals surface area contributed by atoms with Crippen LogP contribution >= 0.6 is 27.3 Å². The molecule has 0 radical (unpaired) electrons. The third-order valence-corrected chi connectivity index (χ3v) is 5.04. The molecule has 1 amide bonds. The molecule has 0 unspecified atom stereocenters. The van der Waals surface area contributed by atoms with Gasteiger partial charge >= 0.3 is 0 Å². The van der Waals surface area contributed by atoms with Crippen LogP contribution in [0.4, 0.5) is 9.52 Å². The number of amides is 1. The molecule has 0 fully saturated rings. The van der Waals surface area contributed by atoms with Crippen LogP contribution in [0.1, 0.15) is 17.3 Å². The average Bonchev–Trinajstić information content (AvgIpc) is 3.12. The summed E-state index contributed by atoms with van der Waals surface area (Å²) in [4.78, 5) is 16.8. The van der Waals surface area contributed by atoms with Crippen molar-refractivity contribution in [3.8, 4) is 22.8 Å². The summed E-state index contributed by atoms with van der Waals surface area (Å²) in [7, 11) is 1.41. The largest absolute Gasteiger partial charge is 0.494 e. The monoisotopic (exact) mass is 450 g/mol. The van der Waals surface area contributed by atoms with Gasteiger partial charge in [-0.1, -0.05) is 0 Å². The van der Waals surface area contributed by atoms with Crippen molar-refractivity contribution in [2.24, 2.45) is 0 Å². The normalized spacial score (nSPS) is 10.5. The number of rotatable bonds is 6. The summed E-state index contributed by atoms with van der Waals surface area (Å²) in [5.74, 6) is 0.0871. The molecule has 0 aliphatic carbocycles. The second-order valence-corrected chi connectivity index (χ2v) is 7.13. The van der Waals surface area contributed by atoms with Crippen LogP contribution in [0.25, 0.3) is 11.3 Å². The molecule has 5 nitrogen and oxygen atoms in total. The lowest BCUT2D eigenvalue weighted by Crippen LogP contribution is -2.11. The lowest BCUT2D eigenvalue weighted by atomic mass is 10.1. The fraction of sp³-hybridized carbons (Fsp3) is 0.158. The van der Waals surface area contributed by atoms with E-state index in [9.17, 15) is 9.18 Å². The maximum Gasteiger partial charge on any atom is 0.257 e. The van der Waals surface area contributed by atoms with Gasteiger partial charge in [-0.25, -0.2) is 9.37 Å². The predicted octanol–water partition coefficient (Wildman–Crippen LogP) is 5.37. The molecule has 8 heteroatoms. The Labute approximate surface area is 168 Å². The highest BCUT2D eigenvalue weighted by molar-refractivity contribution is 9.10. The smallest absolute Gasteiger partial charge is 0.257 e. The number of hydrogen-bond acceptors (Lipinski definition) is 5. The van der Waals surface area contributed by atoms with Crippen molar-refractivity contribution in [1.82, 2.24) is 4.98 Å². The van der Waals surface area contributed by atoms with Gasteiger partial charge in [-0.15, -0.1) is 11.3 Å². The number of aromatic nitrogens is 1. The molecular formula is C19H16BrFN2O3S. The van der Waals surface area contributed by atoms with Crippen LogP contribution in [-0.2, 0) is 0 Å². The molecule has 3 rings (SSSR count). The number of nitrogens with zero attached hydrogens (tertiary/aromatic N) is 1. The second-order valence-electron chi connectivity index (χ2n) is 5.42. The van der Waals surface area contributed by atoms with E-state index in [0.29, 0.717) is 38.8 Å². The first-order valence-corrected chi connectivity index (χ1v) is 9.72. The lowest BCUT2D eigenvalue weighted by Gasteiger charge is -2.07. The van der Waals surface area contributed by atoms with Gasteiger partial charge in [0.2, 0.25) is 0 Å². The first-order valence-electron chi connectivity index (χ1n) is 8.05. The number of methoxy groups -OCH3 is 1.